The molecule has 0 aromatic heterocycles. The lowest BCUT2D eigenvalue weighted by molar-refractivity contribution is -0.140. The predicted molar refractivity (Wildman–Crippen MR) is 73.1 cm³/mol. The zero-order valence-corrected chi connectivity index (χ0v) is 12.3. The molecule has 2 fully saturated rings. The summed E-state index contributed by atoms with van der Waals surface area (Å²) in [6.07, 6.45) is 1.11. The van der Waals surface area contributed by atoms with E-state index in [1.807, 2.05) is 0 Å². The quantitative estimate of drug-likeness (QED) is 0.656. The molecule has 0 bridgehead atoms. The maximum atomic E-state index is 12.2. The van der Waals surface area contributed by atoms with E-state index < -0.39 is 23.4 Å². The van der Waals surface area contributed by atoms with Crippen LogP contribution in [-0.2, 0) is 14.4 Å². The van der Waals surface area contributed by atoms with E-state index in [1.165, 1.54) is 4.90 Å². The van der Waals surface area contributed by atoms with Crippen LogP contribution in [0.1, 0.15) is 26.7 Å². The molecular formula is C13H20N4O4. The van der Waals surface area contributed by atoms with Gasteiger partial charge in [-0.15, -0.1) is 0 Å². The van der Waals surface area contributed by atoms with Gasteiger partial charge in [0.05, 0.1) is 6.54 Å². The molecule has 0 spiro atoms. The molecule has 21 heavy (non-hydrogen) atoms. The molecule has 0 radical (unpaired) electrons. The van der Waals surface area contributed by atoms with Gasteiger partial charge < -0.3 is 15.5 Å². The van der Waals surface area contributed by atoms with Crippen LogP contribution in [0.15, 0.2) is 0 Å². The minimum absolute atomic E-state index is 0.0342. The van der Waals surface area contributed by atoms with E-state index in [9.17, 15) is 19.2 Å². The third-order valence-corrected chi connectivity index (χ3v) is 3.96. The lowest BCUT2D eigenvalue weighted by Crippen LogP contribution is -2.46. The fourth-order valence-electron chi connectivity index (χ4n) is 2.38. The van der Waals surface area contributed by atoms with Crippen molar-refractivity contribution in [2.24, 2.45) is 0 Å². The van der Waals surface area contributed by atoms with Crippen molar-refractivity contribution in [1.82, 2.24) is 20.4 Å². The summed E-state index contributed by atoms with van der Waals surface area (Å²) in [5.74, 6) is -1.02. The molecule has 2 N–H and O–H groups in total. The molecule has 8 nitrogen and oxygen atoms in total. The average Bonchev–Trinajstić information content (AvgIpc) is 2.63. The van der Waals surface area contributed by atoms with Gasteiger partial charge in [0.15, 0.2) is 0 Å². The second kappa shape index (κ2) is 5.71. The standard InChI is InChI=1S/C13H20N4O4/c1-3-13(2)11(20)17(12(21)15-13)8-10(19)16-6-4-5-14-9(18)7-16/h3-8H2,1-2H3,(H,14,18)(H,15,21). The van der Waals surface area contributed by atoms with Crippen LogP contribution in [0.2, 0.25) is 0 Å². The highest BCUT2D eigenvalue weighted by atomic mass is 16.2. The highest BCUT2D eigenvalue weighted by molar-refractivity contribution is 6.08. The first-order chi connectivity index (χ1) is 9.87. The number of hydrogen-bond donors (Lipinski definition) is 2. The van der Waals surface area contributed by atoms with Crippen LogP contribution in [0.5, 0.6) is 0 Å². The average molecular weight is 296 g/mol. The molecule has 0 saturated carbocycles. The largest absolute Gasteiger partial charge is 0.354 e. The second-order valence-electron chi connectivity index (χ2n) is 5.53. The molecule has 2 heterocycles. The number of hydrogen-bond acceptors (Lipinski definition) is 4. The van der Waals surface area contributed by atoms with Gasteiger partial charge in [0.25, 0.3) is 5.91 Å². The van der Waals surface area contributed by atoms with Crippen molar-refractivity contribution in [3.8, 4) is 0 Å². The van der Waals surface area contributed by atoms with Gasteiger partial charge in [0, 0.05) is 13.1 Å². The monoisotopic (exact) mass is 296 g/mol. The number of amides is 5. The molecule has 0 aliphatic carbocycles. The molecule has 2 aliphatic heterocycles. The van der Waals surface area contributed by atoms with E-state index in [2.05, 4.69) is 10.6 Å². The SMILES string of the molecule is CCC1(C)NC(=O)N(CC(=O)N2CCCNC(=O)C2)C1=O. The molecule has 1 atom stereocenters. The van der Waals surface area contributed by atoms with Gasteiger partial charge in [-0.3, -0.25) is 19.3 Å². The molecule has 8 heteroatoms. The third kappa shape index (κ3) is 2.98. The first kappa shape index (κ1) is 15.3. The molecule has 5 amide bonds. The lowest BCUT2D eigenvalue weighted by atomic mass is 9.99. The normalized spacial score (nSPS) is 26.5. The van der Waals surface area contributed by atoms with Gasteiger partial charge in [0.2, 0.25) is 11.8 Å². The number of carbonyl (C=O) groups excluding carboxylic acids is 4. The minimum Gasteiger partial charge on any atom is -0.354 e. The Morgan fingerprint density at radius 2 is 2.05 bits per heavy atom. The Hall–Kier alpha value is -2.12. The molecule has 1 unspecified atom stereocenters. The molecule has 116 valence electrons. The summed E-state index contributed by atoms with van der Waals surface area (Å²) < 4.78 is 0. The van der Waals surface area contributed by atoms with Crippen molar-refractivity contribution in [3.63, 3.8) is 0 Å². The van der Waals surface area contributed by atoms with Crippen molar-refractivity contribution in [2.75, 3.05) is 26.2 Å². The first-order valence-corrected chi connectivity index (χ1v) is 7.06. The van der Waals surface area contributed by atoms with Crippen LogP contribution in [0, 0.1) is 0 Å². The summed E-state index contributed by atoms with van der Waals surface area (Å²) in [5.41, 5.74) is -0.951. The Morgan fingerprint density at radius 1 is 1.33 bits per heavy atom. The fourth-order valence-corrected chi connectivity index (χ4v) is 2.38. The van der Waals surface area contributed by atoms with Crippen molar-refractivity contribution >= 4 is 23.8 Å². The summed E-state index contributed by atoms with van der Waals surface area (Å²) in [4.78, 5) is 50.0. The zero-order chi connectivity index (χ0) is 15.6. The van der Waals surface area contributed by atoms with Crippen LogP contribution in [0.3, 0.4) is 0 Å². The zero-order valence-electron chi connectivity index (χ0n) is 12.3. The van der Waals surface area contributed by atoms with E-state index in [-0.39, 0.29) is 19.0 Å². The van der Waals surface area contributed by atoms with Crippen LogP contribution in [0.4, 0.5) is 4.79 Å². The third-order valence-electron chi connectivity index (χ3n) is 3.96. The van der Waals surface area contributed by atoms with Crippen LogP contribution >= 0.6 is 0 Å². The number of nitrogens with one attached hydrogen (secondary N) is 2. The summed E-state index contributed by atoms with van der Waals surface area (Å²) in [6, 6.07) is -0.558. The van der Waals surface area contributed by atoms with Crippen molar-refractivity contribution in [2.45, 2.75) is 32.2 Å². The van der Waals surface area contributed by atoms with Crippen LogP contribution in [-0.4, -0.2) is 65.3 Å². The summed E-state index contributed by atoms with van der Waals surface area (Å²) >= 11 is 0. The molecular weight excluding hydrogens is 276 g/mol. The van der Waals surface area contributed by atoms with Crippen LogP contribution in [0.25, 0.3) is 0 Å². The Morgan fingerprint density at radius 3 is 2.67 bits per heavy atom. The summed E-state index contributed by atoms with van der Waals surface area (Å²) in [7, 11) is 0. The Labute approximate surface area is 122 Å². The second-order valence-corrected chi connectivity index (χ2v) is 5.53. The Balaban J connectivity index is 2.04. The van der Waals surface area contributed by atoms with Crippen molar-refractivity contribution < 1.29 is 19.2 Å². The molecule has 0 aromatic rings. The lowest BCUT2D eigenvalue weighted by Gasteiger charge is -2.22. The molecule has 2 aliphatic rings. The predicted octanol–water partition coefficient (Wildman–Crippen LogP) is -0.945. The molecule has 2 saturated heterocycles. The molecule has 0 aromatic carbocycles. The number of urea groups is 1. The van der Waals surface area contributed by atoms with Crippen molar-refractivity contribution in [3.05, 3.63) is 0 Å². The summed E-state index contributed by atoms with van der Waals surface area (Å²) in [6.45, 7) is 4.03. The minimum atomic E-state index is -0.951. The van der Waals surface area contributed by atoms with E-state index >= 15 is 0 Å². The number of rotatable bonds is 3. The van der Waals surface area contributed by atoms with Gasteiger partial charge in [-0.05, 0) is 19.8 Å². The highest BCUT2D eigenvalue weighted by Gasteiger charge is 2.47. The van der Waals surface area contributed by atoms with Gasteiger partial charge in [-0.1, -0.05) is 6.92 Å². The highest BCUT2D eigenvalue weighted by Crippen LogP contribution is 2.20. The number of carbonyl (C=O) groups is 4. The number of imide groups is 1. The topological polar surface area (TPSA) is 98.8 Å². The van der Waals surface area contributed by atoms with Gasteiger partial charge in [-0.2, -0.15) is 0 Å². The maximum Gasteiger partial charge on any atom is 0.325 e. The van der Waals surface area contributed by atoms with Crippen molar-refractivity contribution in [1.29, 1.82) is 0 Å². The van der Waals surface area contributed by atoms with Gasteiger partial charge >= 0.3 is 6.03 Å². The van der Waals surface area contributed by atoms with Crippen LogP contribution < -0.4 is 10.6 Å². The Kier molecular flexibility index (Phi) is 4.15. The van der Waals surface area contributed by atoms with E-state index in [0.717, 1.165) is 4.90 Å². The van der Waals surface area contributed by atoms with E-state index in [4.69, 9.17) is 0 Å². The molecule has 2 rings (SSSR count). The Bertz CT molecular complexity index is 493. The fraction of sp³-hybridized carbons (Fsp3) is 0.692. The summed E-state index contributed by atoms with van der Waals surface area (Å²) in [5, 5.41) is 5.27. The van der Waals surface area contributed by atoms with E-state index in [1.54, 1.807) is 13.8 Å². The first-order valence-electron chi connectivity index (χ1n) is 7.06. The number of nitrogens with zero attached hydrogens (tertiary/aromatic N) is 2. The van der Waals surface area contributed by atoms with Gasteiger partial charge in [-0.25, -0.2) is 4.79 Å². The smallest absolute Gasteiger partial charge is 0.325 e. The van der Waals surface area contributed by atoms with E-state index in [0.29, 0.717) is 25.9 Å². The van der Waals surface area contributed by atoms with Gasteiger partial charge in [0.1, 0.15) is 12.1 Å². The maximum absolute atomic E-state index is 12.2.